The lowest BCUT2D eigenvalue weighted by molar-refractivity contribution is -0.389. The summed E-state index contributed by atoms with van der Waals surface area (Å²) >= 11 is 0. The van der Waals surface area contributed by atoms with E-state index in [1.807, 2.05) is 0 Å². The van der Waals surface area contributed by atoms with Gasteiger partial charge in [-0.25, -0.2) is 9.18 Å². The Morgan fingerprint density at radius 1 is 1.29 bits per heavy atom. The van der Waals surface area contributed by atoms with E-state index in [4.69, 9.17) is 4.74 Å². The van der Waals surface area contributed by atoms with Crippen LogP contribution >= 0.6 is 0 Å². The van der Waals surface area contributed by atoms with E-state index in [0.29, 0.717) is 25.3 Å². The average Bonchev–Trinajstić information content (AvgIpc) is 2.92. The number of nitrogens with zero attached hydrogens (tertiary/aromatic N) is 4. The molecule has 1 N–H and O–H groups in total. The molecule has 9 nitrogen and oxygen atoms in total. The summed E-state index contributed by atoms with van der Waals surface area (Å²) in [7, 11) is 0. The van der Waals surface area contributed by atoms with Crippen LogP contribution in [0.1, 0.15) is 0 Å². The molecule has 0 saturated carbocycles. The summed E-state index contributed by atoms with van der Waals surface area (Å²) in [6, 6.07) is 5.24. The third-order valence-corrected chi connectivity index (χ3v) is 3.50. The van der Waals surface area contributed by atoms with Gasteiger partial charge in [-0.2, -0.15) is 0 Å². The molecule has 1 aromatic heterocycles. The fourth-order valence-electron chi connectivity index (χ4n) is 2.28. The highest BCUT2D eigenvalue weighted by molar-refractivity contribution is 5.89. The number of aromatic nitrogens is 2. The molecule has 1 aliphatic heterocycles. The lowest BCUT2D eigenvalue weighted by Gasteiger charge is -2.24. The Hall–Kier alpha value is -3.17. The molecule has 1 aromatic carbocycles. The van der Waals surface area contributed by atoms with E-state index in [0.717, 1.165) is 0 Å². The van der Waals surface area contributed by atoms with Crippen molar-refractivity contribution in [3.05, 3.63) is 46.4 Å². The first-order chi connectivity index (χ1) is 11.5. The summed E-state index contributed by atoms with van der Waals surface area (Å²) in [6.07, 6.45) is 1.27. The molecule has 3 rings (SSSR count). The largest absolute Gasteiger partial charge is 0.444 e. The van der Waals surface area contributed by atoms with Gasteiger partial charge < -0.3 is 25.1 Å². The maximum atomic E-state index is 12.9. The van der Waals surface area contributed by atoms with E-state index in [2.05, 4.69) is 10.3 Å². The highest BCUT2D eigenvalue weighted by atomic mass is 19.1. The number of carbonyl (C=O) groups is 1. The van der Waals surface area contributed by atoms with Crippen LogP contribution in [-0.2, 0) is 6.54 Å². The van der Waals surface area contributed by atoms with Gasteiger partial charge in [0.15, 0.2) is 0 Å². The lowest BCUT2D eigenvalue weighted by Crippen LogP contribution is -2.41. The highest BCUT2D eigenvalue weighted by Crippen LogP contribution is 2.19. The Balaban J connectivity index is 1.66. The Morgan fingerprint density at radius 2 is 2.04 bits per heavy atom. The average molecular weight is 335 g/mol. The van der Waals surface area contributed by atoms with Gasteiger partial charge >= 0.3 is 17.9 Å². The zero-order valence-electron chi connectivity index (χ0n) is 12.5. The number of anilines is 1. The predicted molar refractivity (Wildman–Crippen MR) is 81.4 cm³/mol. The molecule has 0 spiro atoms. The van der Waals surface area contributed by atoms with Gasteiger partial charge in [0, 0.05) is 23.8 Å². The highest BCUT2D eigenvalue weighted by Gasteiger charge is 2.24. The van der Waals surface area contributed by atoms with Crippen molar-refractivity contribution in [2.45, 2.75) is 6.54 Å². The normalized spacial score (nSPS) is 14.1. The molecular formula is C14H14FN5O4. The number of hydrogen-bond acceptors (Lipinski definition) is 5. The fourth-order valence-corrected chi connectivity index (χ4v) is 2.28. The van der Waals surface area contributed by atoms with Crippen molar-refractivity contribution >= 4 is 17.5 Å². The summed E-state index contributed by atoms with van der Waals surface area (Å²) in [5, 5.41) is 13.4. The number of amides is 2. The van der Waals surface area contributed by atoms with Gasteiger partial charge in [-0.3, -0.25) is 4.57 Å². The number of nitrogens with one attached hydrogen (secondary N) is 1. The minimum absolute atomic E-state index is 0.158. The summed E-state index contributed by atoms with van der Waals surface area (Å²) in [6.45, 7) is 1.10. The van der Waals surface area contributed by atoms with Crippen molar-refractivity contribution in [3.8, 4) is 6.01 Å². The van der Waals surface area contributed by atoms with Gasteiger partial charge in [-0.15, -0.1) is 0 Å². The molecule has 0 atom stereocenters. The van der Waals surface area contributed by atoms with E-state index in [1.54, 1.807) is 0 Å². The number of urea groups is 1. The molecule has 0 radical (unpaired) electrons. The number of ether oxygens (including phenoxy) is 1. The van der Waals surface area contributed by atoms with Crippen molar-refractivity contribution < 1.29 is 18.8 Å². The predicted octanol–water partition coefficient (Wildman–Crippen LogP) is 1.86. The maximum absolute atomic E-state index is 12.9. The van der Waals surface area contributed by atoms with Crippen molar-refractivity contribution in [2.75, 3.05) is 25.0 Å². The van der Waals surface area contributed by atoms with Crippen LogP contribution in [0.3, 0.4) is 0 Å². The molecule has 0 fully saturated rings. The van der Waals surface area contributed by atoms with Crippen LogP contribution in [0, 0.1) is 15.9 Å². The molecule has 0 unspecified atom stereocenters. The third kappa shape index (κ3) is 3.42. The second-order valence-corrected chi connectivity index (χ2v) is 5.10. The molecule has 126 valence electrons. The van der Waals surface area contributed by atoms with Crippen LogP contribution in [0.4, 0.5) is 20.7 Å². The number of halogens is 1. The number of fused-ring (bicyclic) bond motifs is 1. The third-order valence-electron chi connectivity index (χ3n) is 3.50. The van der Waals surface area contributed by atoms with Gasteiger partial charge in [0.1, 0.15) is 18.6 Å². The van der Waals surface area contributed by atoms with Gasteiger partial charge in [0.05, 0.1) is 6.54 Å². The Kier molecular flexibility index (Phi) is 4.27. The number of benzene rings is 1. The number of carbonyl (C=O) groups excluding carboxylic acids is 1. The lowest BCUT2D eigenvalue weighted by atomic mass is 10.3. The van der Waals surface area contributed by atoms with Gasteiger partial charge in [-0.05, 0) is 29.2 Å². The monoisotopic (exact) mass is 335 g/mol. The van der Waals surface area contributed by atoms with E-state index in [1.165, 1.54) is 39.9 Å². The number of hydrogen-bond donors (Lipinski definition) is 1. The molecule has 2 amide bonds. The maximum Gasteiger partial charge on any atom is 0.414 e. The number of rotatable bonds is 2. The molecule has 2 aromatic rings. The Labute approximate surface area is 135 Å². The first kappa shape index (κ1) is 15.7. The second-order valence-electron chi connectivity index (χ2n) is 5.10. The zero-order chi connectivity index (χ0) is 17.1. The summed E-state index contributed by atoms with van der Waals surface area (Å²) in [5.74, 6) is -0.684. The first-order valence-electron chi connectivity index (χ1n) is 7.19. The SMILES string of the molecule is O=C(Nc1ccc(F)cc1)N1CCOc2nc([N+](=O)[O-])cn2CC1. The van der Waals surface area contributed by atoms with E-state index in [-0.39, 0.29) is 30.3 Å². The zero-order valence-corrected chi connectivity index (χ0v) is 12.5. The smallest absolute Gasteiger partial charge is 0.414 e. The molecule has 0 bridgehead atoms. The molecule has 10 heteroatoms. The minimum Gasteiger partial charge on any atom is -0.444 e. The second kappa shape index (κ2) is 6.52. The standard InChI is InChI=1S/C14H14FN5O4/c15-10-1-3-11(4-2-10)16-13(21)18-5-6-19-9-12(20(22)23)17-14(19)24-8-7-18/h1-4,9H,5-8H2,(H,16,21). The molecule has 0 saturated heterocycles. The van der Waals surface area contributed by atoms with Crippen LogP contribution in [0.15, 0.2) is 30.5 Å². The van der Waals surface area contributed by atoms with Gasteiger partial charge in [-0.1, -0.05) is 0 Å². The van der Waals surface area contributed by atoms with Gasteiger partial charge in [0.2, 0.25) is 0 Å². The summed E-state index contributed by atoms with van der Waals surface area (Å²) in [5.41, 5.74) is 0.475. The minimum atomic E-state index is -0.597. The Bertz CT molecular complexity index is 761. The summed E-state index contributed by atoms with van der Waals surface area (Å²) < 4.78 is 19.8. The van der Waals surface area contributed by atoms with Crippen molar-refractivity contribution in [1.29, 1.82) is 0 Å². The molecule has 24 heavy (non-hydrogen) atoms. The van der Waals surface area contributed by atoms with Crippen LogP contribution in [-0.4, -0.2) is 45.1 Å². The van der Waals surface area contributed by atoms with E-state index < -0.39 is 4.92 Å². The quantitative estimate of drug-likeness (QED) is 0.666. The van der Waals surface area contributed by atoms with Crippen molar-refractivity contribution in [3.63, 3.8) is 0 Å². The van der Waals surface area contributed by atoms with Crippen LogP contribution in [0.2, 0.25) is 0 Å². The van der Waals surface area contributed by atoms with Crippen LogP contribution < -0.4 is 10.1 Å². The molecule has 0 aliphatic carbocycles. The summed E-state index contributed by atoms with van der Waals surface area (Å²) in [4.78, 5) is 27.7. The number of imidazole rings is 1. The topological polar surface area (TPSA) is 103 Å². The van der Waals surface area contributed by atoms with Crippen molar-refractivity contribution in [1.82, 2.24) is 14.5 Å². The van der Waals surface area contributed by atoms with Crippen LogP contribution in [0.25, 0.3) is 0 Å². The fraction of sp³-hybridized carbons (Fsp3) is 0.286. The number of nitro groups is 1. The van der Waals surface area contributed by atoms with Gasteiger partial charge in [0.25, 0.3) is 0 Å². The Morgan fingerprint density at radius 3 is 2.75 bits per heavy atom. The van der Waals surface area contributed by atoms with E-state index >= 15 is 0 Å². The van der Waals surface area contributed by atoms with Crippen LogP contribution in [0.5, 0.6) is 6.01 Å². The first-order valence-corrected chi connectivity index (χ1v) is 7.19. The molecule has 1 aliphatic rings. The van der Waals surface area contributed by atoms with Crippen molar-refractivity contribution in [2.24, 2.45) is 0 Å². The molecule has 2 heterocycles. The van der Waals surface area contributed by atoms with E-state index in [9.17, 15) is 19.3 Å². The molecular weight excluding hydrogens is 321 g/mol.